The van der Waals surface area contributed by atoms with Crippen molar-refractivity contribution in [2.45, 2.75) is 52.9 Å². The third-order valence-electron chi connectivity index (χ3n) is 4.95. The molecule has 2 rings (SSSR count). The maximum absolute atomic E-state index is 13.5. The predicted molar refractivity (Wildman–Crippen MR) is 105 cm³/mol. The smallest absolute Gasteiger partial charge is 0.310 e. The molecule has 1 saturated heterocycles. The quantitative estimate of drug-likeness (QED) is 0.659. The number of rotatable bonds is 7. The summed E-state index contributed by atoms with van der Waals surface area (Å²) in [5.74, 6) is -0.717. The van der Waals surface area contributed by atoms with Crippen molar-refractivity contribution in [1.29, 1.82) is 0 Å². The highest BCUT2D eigenvalue weighted by molar-refractivity contribution is 5.89. The zero-order valence-corrected chi connectivity index (χ0v) is 16.6. The Bertz CT molecular complexity index is 699. The monoisotopic (exact) mass is 375 g/mol. The van der Waals surface area contributed by atoms with Gasteiger partial charge in [0.15, 0.2) is 0 Å². The lowest BCUT2D eigenvalue weighted by molar-refractivity contribution is -0.151. The summed E-state index contributed by atoms with van der Waals surface area (Å²) in [4.78, 5) is 26.7. The molecule has 1 amide bonds. The minimum atomic E-state index is -0.272. The number of hydrogen-bond donors (Lipinski definition) is 0. The second kappa shape index (κ2) is 10.2. The summed E-state index contributed by atoms with van der Waals surface area (Å²) >= 11 is 0. The van der Waals surface area contributed by atoms with Gasteiger partial charge < -0.3 is 9.64 Å². The molecule has 5 heteroatoms. The molecule has 0 saturated carbocycles. The van der Waals surface area contributed by atoms with Crippen molar-refractivity contribution < 1.29 is 18.7 Å². The van der Waals surface area contributed by atoms with E-state index in [1.807, 2.05) is 6.92 Å². The summed E-state index contributed by atoms with van der Waals surface area (Å²) in [5.41, 5.74) is 2.67. The Labute approximate surface area is 161 Å². The Morgan fingerprint density at radius 2 is 2.11 bits per heavy atom. The first kappa shape index (κ1) is 21.1. The molecular formula is C22H30FNO3. The zero-order chi connectivity index (χ0) is 19.8. The summed E-state index contributed by atoms with van der Waals surface area (Å²) in [6.07, 6.45) is 5.75. The number of unbranched alkanes of at least 4 members (excludes halogenated alkanes) is 1. The van der Waals surface area contributed by atoms with Crippen molar-refractivity contribution in [3.05, 3.63) is 41.2 Å². The zero-order valence-electron chi connectivity index (χ0n) is 16.6. The molecule has 1 aromatic rings. The molecule has 0 aromatic heterocycles. The van der Waals surface area contributed by atoms with E-state index in [2.05, 4.69) is 13.0 Å². The molecule has 1 fully saturated rings. The molecule has 0 N–H and O–H groups in total. The first-order chi connectivity index (χ1) is 13.0. The van der Waals surface area contributed by atoms with Crippen LogP contribution in [0.15, 0.2) is 24.3 Å². The van der Waals surface area contributed by atoms with Crippen LogP contribution >= 0.6 is 0 Å². The fraction of sp³-hybridized carbons (Fsp3) is 0.545. The number of aryl methyl sites for hydroxylation is 1. The number of carbonyl (C=O) groups is 2. The van der Waals surface area contributed by atoms with E-state index < -0.39 is 0 Å². The molecule has 148 valence electrons. The number of ether oxygens (including phenoxy) is 1. The van der Waals surface area contributed by atoms with Crippen LogP contribution in [0.4, 0.5) is 4.39 Å². The second-order valence-corrected chi connectivity index (χ2v) is 7.09. The topological polar surface area (TPSA) is 46.6 Å². The van der Waals surface area contributed by atoms with Crippen molar-refractivity contribution >= 4 is 17.4 Å². The molecular weight excluding hydrogens is 345 g/mol. The van der Waals surface area contributed by atoms with Crippen molar-refractivity contribution in [3.8, 4) is 0 Å². The van der Waals surface area contributed by atoms with Crippen LogP contribution in [-0.2, 0) is 14.3 Å². The van der Waals surface area contributed by atoms with Crippen LogP contribution in [0.3, 0.4) is 0 Å². The molecule has 1 aliphatic heterocycles. The van der Waals surface area contributed by atoms with E-state index in [9.17, 15) is 14.0 Å². The van der Waals surface area contributed by atoms with Crippen molar-refractivity contribution in [2.75, 3.05) is 19.7 Å². The summed E-state index contributed by atoms with van der Waals surface area (Å²) in [6.45, 7) is 7.18. The van der Waals surface area contributed by atoms with E-state index in [-0.39, 0.29) is 30.0 Å². The number of allylic oxidation sites excluding steroid dienone is 1. The second-order valence-electron chi connectivity index (χ2n) is 7.09. The lowest BCUT2D eigenvalue weighted by Gasteiger charge is -2.32. The highest BCUT2D eigenvalue weighted by Crippen LogP contribution is 2.26. The number of benzene rings is 1. The lowest BCUT2D eigenvalue weighted by atomic mass is 9.94. The third kappa shape index (κ3) is 5.91. The van der Waals surface area contributed by atoms with Crippen LogP contribution < -0.4 is 0 Å². The number of esters is 1. The van der Waals surface area contributed by atoms with Gasteiger partial charge in [-0.15, -0.1) is 0 Å². The van der Waals surface area contributed by atoms with Crippen molar-refractivity contribution in [1.82, 2.24) is 4.90 Å². The van der Waals surface area contributed by atoms with Gasteiger partial charge in [-0.3, -0.25) is 9.59 Å². The van der Waals surface area contributed by atoms with Crippen LogP contribution in [0.1, 0.15) is 57.1 Å². The maximum atomic E-state index is 13.5. The van der Waals surface area contributed by atoms with Gasteiger partial charge in [0.2, 0.25) is 5.91 Å². The number of carbonyl (C=O) groups excluding carboxylic acids is 2. The normalized spacial score (nSPS) is 17.7. The van der Waals surface area contributed by atoms with Gasteiger partial charge in [0.05, 0.1) is 18.9 Å². The van der Waals surface area contributed by atoms with E-state index in [1.54, 1.807) is 17.9 Å². The fourth-order valence-electron chi connectivity index (χ4n) is 3.51. The highest BCUT2D eigenvalue weighted by atomic mass is 19.1. The molecule has 0 spiro atoms. The van der Waals surface area contributed by atoms with Gasteiger partial charge in [-0.25, -0.2) is 4.39 Å². The summed E-state index contributed by atoms with van der Waals surface area (Å²) in [6, 6.07) is 4.68. The van der Waals surface area contributed by atoms with Crippen molar-refractivity contribution in [2.24, 2.45) is 5.92 Å². The molecule has 27 heavy (non-hydrogen) atoms. The van der Waals surface area contributed by atoms with Gasteiger partial charge in [-0.05, 0) is 61.9 Å². The Morgan fingerprint density at radius 3 is 2.78 bits per heavy atom. The average Bonchev–Trinajstić information content (AvgIpc) is 2.65. The van der Waals surface area contributed by atoms with Crippen LogP contribution in [0, 0.1) is 18.7 Å². The average molecular weight is 375 g/mol. The minimum absolute atomic E-state index is 0.00933. The number of hydrogen-bond acceptors (Lipinski definition) is 3. The van der Waals surface area contributed by atoms with Gasteiger partial charge in [0.1, 0.15) is 5.82 Å². The third-order valence-corrected chi connectivity index (χ3v) is 4.95. The Morgan fingerprint density at radius 1 is 1.33 bits per heavy atom. The van der Waals surface area contributed by atoms with Gasteiger partial charge in [-0.2, -0.15) is 0 Å². The first-order valence-electron chi connectivity index (χ1n) is 9.86. The fourth-order valence-corrected chi connectivity index (χ4v) is 3.51. The molecule has 0 unspecified atom stereocenters. The first-order valence-corrected chi connectivity index (χ1v) is 9.86. The number of amides is 1. The maximum Gasteiger partial charge on any atom is 0.310 e. The van der Waals surface area contributed by atoms with E-state index in [1.165, 1.54) is 12.1 Å². The van der Waals surface area contributed by atoms with Crippen molar-refractivity contribution in [3.63, 3.8) is 0 Å². The van der Waals surface area contributed by atoms with Gasteiger partial charge >= 0.3 is 5.97 Å². The molecule has 1 heterocycles. The van der Waals surface area contributed by atoms with E-state index >= 15 is 0 Å². The predicted octanol–water partition coefficient (Wildman–Crippen LogP) is 4.51. The Balaban J connectivity index is 2.12. The van der Waals surface area contributed by atoms with Gasteiger partial charge in [-0.1, -0.05) is 25.5 Å². The molecule has 4 nitrogen and oxygen atoms in total. The number of nitrogens with zero attached hydrogens (tertiary/aromatic N) is 1. The molecule has 1 aliphatic rings. The number of piperidine rings is 1. The molecule has 0 radical (unpaired) electrons. The van der Waals surface area contributed by atoms with E-state index in [0.717, 1.165) is 42.4 Å². The van der Waals surface area contributed by atoms with Gasteiger partial charge in [0, 0.05) is 13.1 Å². The Kier molecular flexibility index (Phi) is 8.01. The Hall–Kier alpha value is -2.17. The minimum Gasteiger partial charge on any atom is -0.466 e. The van der Waals surface area contributed by atoms with Crippen LogP contribution in [0.2, 0.25) is 0 Å². The number of likely N-dealkylation sites (tertiary alicyclic amines) is 1. The summed E-state index contributed by atoms with van der Waals surface area (Å²) in [7, 11) is 0. The van der Waals surface area contributed by atoms with Gasteiger partial charge in [0.25, 0.3) is 0 Å². The SMILES string of the molecule is CCC/C=C(/CC(=O)N1CCC[C@@H](C(=O)OCC)C1)c1ccc(F)cc1C. The largest absolute Gasteiger partial charge is 0.466 e. The standard InChI is InChI=1S/C22H30FNO3/c1-4-6-8-17(20-11-10-19(23)13-16(20)3)14-21(25)24-12-7-9-18(15-24)22(26)27-5-2/h8,10-11,13,18H,4-7,9,12,14-15H2,1-3H3/b17-8-/t18-/m1/s1. The van der Waals surface area contributed by atoms with Crippen LogP contribution in [0.5, 0.6) is 0 Å². The van der Waals surface area contributed by atoms with E-state index in [0.29, 0.717) is 19.7 Å². The molecule has 1 atom stereocenters. The lowest BCUT2D eigenvalue weighted by Crippen LogP contribution is -2.42. The molecule has 0 bridgehead atoms. The summed E-state index contributed by atoms with van der Waals surface area (Å²) in [5, 5.41) is 0. The van der Waals surface area contributed by atoms with Crippen LogP contribution in [0.25, 0.3) is 5.57 Å². The number of halogens is 1. The summed E-state index contributed by atoms with van der Waals surface area (Å²) < 4.78 is 18.6. The molecule has 0 aliphatic carbocycles. The van der Waals surface area contributed by atoms with Crippen LogP contribution in [-0.4, -0.2) is 36.5 Å². The van der Waals surface area contributed by atoms with E-state index in [4.69, 9.17) is 4.74 Å². The highest BCUT2D eigenvalue weighted by Gasteiger charge is 2.29. The molecule has 1 aromatic carbocycles.